The molecule has 8 nitrogen and oxygen atoms in total. The number of rotatable bonds is 3. The van der Waals surface area contributed by atoms with Crippen molar-refractivity contribution in [2.24, 2.45) is 0 Å². The monoisotopic (exact) mass is 356 g/mol. The predicted molar refractivity (Wildman–Crippen MR) is 96.0 cm³/mol. The quantitative estimate of drug-likeness (QED) is 0.895. The van der Waals surface area contributed by atoms with Crippen LogP contribution < -0.4 is 4.90 Å². The van der Waals surface area contributed by atoms with Crippen LogP contribution in [0.15, 0.2) is 24.5 Å². The number of carbonyl (C=O) groups excluding carboxylic acids is 1. The standard InChI is InChI=1S/C18H24N6O2/c1-13-9-15(22-21-13)16(25)24-8-3-5-18(12-24)10-14(11-26-18)23(2)17-19-6-4-7-20-17/h4,6-7,9,14H,3,5,8,10-12H2,1-2H3,(H,21,22)/t14-,18+/m0/s1. The van der Waals surface area contributed by atoms with Crippen LogP contribution in [0, 0.1) is 6.92 Å². The van der Waals surface area contributed by atoms with Gasteiger partial charge in [-0.05, 0) is 31.9 Å². The molecule has 0 aromatic carbocycles. The maximum Gasteiger partial charge on any atom is 0.274 e. The van der Waals surface area contributed by atoms with Gasteiger partial charge in [0.15, 0.2) is 0 Å². The molecule has 4 heterocycles. The van der Waals surface area contributed by atoms with E-state index in [1.807, 2.05) is 24.9 Å². The van der Waals surface area contributed by atoms with Crippen LogP contribution in [0.5, 0.6) is 0 Å². The third kappa shape index (κ3) is 3.16. The maximum absolute atomic E-state index is 12.7. The Morgan fingerprint density at radius 2 is 2.23 bits per heavy atom. The summed E-state index contributed by atoms with van der Waals surface area (Å²) in [7, 11) is 2.00. The molecule has 2 aromatic heterocycles. The van der Waals surface area contributed by atoms with Crippen molar-refractivity contribution < 1.29 is 9.53 Å². The molecule has 2 atom stereocenters. The Morgan fingerprint density at radius 1 is 1.42 bits per heavy atom. The summed E-state index contributed by atoms with van der Waals surface area (Å²) >= 11 is 0. The second kappa shape index (κ2) is 6.68. The number of nitrogens with one attached hydrogen (secondary N) is 1. The molecule has 1 N–H and O–H groups in total. The van der Waals surface area contributed by atoms with E-state index in [1.54, 1.807) is 18.5 Å². The SMILES string of the molecule is Cc1cc(C(=O)N2CCC[C@@]3(C[C@H](N(C)c4ncccn4)CO3)C2)n[nH]1. The molecule has 0 unspecified atom stereocenters. The number of nitrogens with zero attached hydrogens (tertiary/aromatic N) is 5. The highest BCUT2D eigenvalue weighted by molar-refractivity contribution is 5.92. The lowest BCUT2D eigenvalue weighted by atomic mass is 9.88. The van der Waals surface area contributed by atoms with Crippen LogP contribution in [-0.4, -0.2) is 69.4 Å². The molecule has 138 valence electrons. The summed E-state index contributed by atoms with van der Waals surface area (Å²) in [6.45, 7) is 3.88. The molecule has 0 saturated carbocycles. The number of ether oxygens (including phenoxy) is 1. The summed E-state index contributed by atoms with van der Waals surface area (Å²) in [6, 6.07) is 3.81. The third-order valence-corrected chi connectivity index (χ3v) is 5.36. The van der Waals surface area contributed by atoms with Crippen molar-refractivity contribution in [3.8, 4) is 0 Å². The molecule has 0 bridgehead atoms. The highest BCUT2D eigenvalue weighted by atomic mass is 16.5. The van der Waals surface area contributed by atoms with Gasteiger partial charge in [-0.3, -0.25) is 9.89 Å². The van der Waals surface area contributed by atoms with Crippen molar-refractivity contribution >= 4 is 11.9 Å². The molecule has 2 aromatic rings. The van der Waals surface area contributed by atoms with Gasteiger partial charge in [-0.15, -0.1) is 0 Å². The van der Waals surface area contributed by atoms with Crippen molar-refractivity contribution in [1.82, 2.24) is 25.1 Å². The molecule has 2 saturated heterocycles. The highest BCUT2D eigenvalue weighted by Crippen LogP contribution is 2.37. The van der Waals surface area contributed by atoms with E-state index >= 15 is 0 Å². The number of anilines is 1. The second-order valence-electron chi connectivity index (χ2n) is 7.28. The number of aromatic nitrogens is 4. The largest absolute Gasteiger partial charge is 0.371 e. The molecule has 0 aliphatic carbocycles. The second-order valence-corrected chi connectivity index (χ2v) is 7.28. The van der Waals surface area contributed by atoms with Crippen LogP contribution >= 0.6 is 0 Å². The third-order valence-electron chi connectivity index (χ3n) is 5.36. The smallest absolute Gasteiger partial charge is 0.274 e. The number of amides is 1. The van der Waals surface area contributed by atoms with Crippen LogP contribution in [-0.2, 0) is 4.74 Å². The zero-order valence-corrected chi connectivity index (χ0v) is 15.2. The van der Waals surface area contributed by atoms with E-state index in [1.165, 1.54) is 0 Å². The molecular weight excluding hydrogens is 332 g/mol. The Morgan fingerprint density at radius 3 is 2.96 bits per heavy atom. The Labute approximate surface area is 152 Å². The lowest BCUT2D eigenvalue weighted by molar-refractivity contribution is -0.0448. The van der Waals surface area contributed by atoms with Crippen LogP contribution in [0.25, 0.3) is 0 Å². The van der Waals surface area contributed by atoms with Crippen molar-refractivity contribution in [3.05, 3.63) is 35.9 Å². The number of aromatic amines is 1. The average molecular weight is 356 g/mol. The minimum absolute atomic E-state index is 0.0276. The molecular formula is C18H24N6O2. The van der Waals surface area contributed by atoms with Crippen molar-refractivity contribution in [2.75, 3.05) is 31.6 Å². The molecule has 1 spiro atoms. The summed E-state index contributed by atoms with van der Waals surface area (Å²) in [5.41, 5.74) is 1.08. The summed E-state index contributed by atoms with van der Waals surface area (Å²) in [5.74, 6) is 0.675. The maximum atomic E-state index is 12.7. The Balaban J connectivity index is 1.45. The Bertz CT molecular complexity index is 779. The minimum Gasteiger partial charge on any atom is -0.371 e. The van der Waals surface area contributed by atoms with Gasteiger partial charge in [-0.2, -0.15) is 5.10 Å². The lowest BCUT2D eigenvalue weighted by Gasteiger charge is -2.39. The van der Waals surface area contributed by atoms with Gasteiger partial charge in [0.2, 0.25) is 5.95 Å². The van der Waals surface area contributed by atoms with Gasteiger partial charge in [0, 0.05) is 38.1 Å². The predicted octanol–water partition coefficient (Wildman–Crippen LogP) is 1.41. The van der Waals surface area contributed by atoms with Crippen molar-refractivity contribution in [3.63, 3.8) is 0 Å². The van der Waals surface area contributed by atoms with Gasteiger partial charge >= 0.3 is 0 Å². The van der Waals surface area contributed by atoms with Gasteiger partial charge in [0.25, 0.3) is 5.91 Å². The number of aryl methyl sites for hydroxylation is 1. The zero-order valence-electron chi connectivity index (χ0n) is 15.2. The first-order chi connectivity index (χ1) is 12.6. The van der Waals surface area contributed by atoms with Crippen LogP contribution in [0.3, 0.4) is 0 Å². The van der Waals surface area contributed by atoms with Gasteiger partial charge in [-0.1, -0.05) is 0 Å². The minimum atomic E-state index is -0.285. The lowest BCUT2D eigenvalue weighted by Crippen LogP contribution is -2.50. The van der Waals surface area contributed by atoms with E-state index in [0.29, 0.717) is 24.8 Å². The fraction of sp³-hybridized carbons (Fsp3) is 0.556. The summed E-state index contributed by atoms with van der Waals surface area (Å²) in [5, 5.41) is 6.95. The fourth-order valence-corrected chi connectivity index (χ4v) is 3.95. The summed E-state index contributed by atoms with van der Waals surface area (Å²) in [4.78, 5) is 25.3. The first-order valence-corrected chi connectivity index (χ1v) is 9.01. The fourth-order valence-electron chi connectivity index (χ4n) is 3.95. The van der Waals surface area contributed by atoms with E-state index in [2.05, 4.69) is 25.1 Å². The van der Waals surface area contributed by atoms with Gasteiger partial charge in [0.1, 0.15) is 5.69 Å². The zero-order chi connectivity index (χ0) is 18.1. The summed E-state index contributed by atoms with van der Waals surface area (Å²) in [6.07, 6.45) is 6.27. The molecule has 1 amide bonds. The Kier molecular flexibility index (Phi) is 4.36. The van der Waals surface area contributed by atoms with Crippen LogP contribution in [0.2, 0.25) is 0 Å². The number of hydrogen-bond acceptors (Lipinski definition) is 6. The van der Waals surface area contributed by atoms with E-state index in [4.69, 9.17) is 4.74 Å². The van der Waals surface area contributed by atoms with Gasteiger partial charge < -0.3 is 14.5 Å². The van der Waals surface area contributed by atoms with E-state index in [-0.39, 0.29) is 17.6 Å². The Hall–Kier alpha value is -2.48. The number of carbonyl (C=O) groups is 1. The molecule has 8 heteroatoms. The van der Waals surface area contributed by atoms with E-state index in [9.17, 15) is 4.79 Å². The van der Waals surface area contributed by atoms with Gasteiger partial charge in [-0.25, -0.2) is 9.97 Å². The average Bonchev–Trinajstić information content (AvgIpc) is 3.28. The van der Waals surface area contributed by atoms with Crippen molar-refractivity contribution in [2.45, 2.75) is 37.8 Å². The van der Waals surface area contributed by atoms with E-state index < -0.39 is 0 Å². The molecule has 2 fully saturated rings. The molecule has 0 radical (unpaired) electrons. The number of likely N-dealkylation sites (N-methyl/N-ethyl adjacent to an activating group) is 1. The number of hydrogen-bond donors (Lipinski definition) is 1. The molecule has 2 aliphatic heterocycles. The highest BCUT2D eigenvalue weighted by Gasteiger charge is 2.46. The van der Waals surface area contributed by atoms with Crippen LogP contribution in [0.4, 0.5) is 5.95 Å². The number of piperidine rings is 1. The number of H-pyrrole nitrogens is 1. The van der Waals surface area contributed by atoms with Crippen LogP contribution in [0.1, 0.15) is 35.4 Å². The van der Waals surface area contributed by atoms with E-state index in [0.717, 1.165) is 31.5 Å². The molecule has 4 rings (SSSR count). The first-order valence-electron chi connectivity index (χ1n) is 9.01. The first kappa shape index (κ1) is 17.0. The molecule has 26 heavy (non-hydrogen) atoms. The normalized spacial score (nSPS) is 25.6. The topological polar surface area (TPSA) is 87.2 Å². The number of likely N-dealkylation sites (tertiary alicyclic amines) is 1. The van der Waals surface area contributed by atoms with Crippen molar-refractivity contribution in [1.29, 1.82) is 0 Å². The molecule has 2 aliphatic rings. The summed E-state index contributed by atoms with van der Waals surface area (Å²) < 4.78 is 6.24. The van der Waals surface area contributed by atoms with Gasteiger partial charge in [0.05, 0.1) is 24.8 Å².